The Morgan fingerprint density at radius 3 is 1.47 bits per heavy atom. The quantitative estimate of drug-likeness (QED) is 0.834. The van der Waals surface area contributed by atoms with Crippen LogP contribution < -0.4 is 9.47 Å². The maximum absolute atomic E-state index is 9.34. The van der Waals surface area contributed by atoms with Gasteiger partial charge < -0.3 is 14.6 Å². The number of rotatable bonds is 2. The number of hydrogen-bond acceptors (Lipinski definition) is 3. The van der Waals surface area contributed by atoms with Crippen molar-refractivity contribution in [2.75, 3.05) is 14.2 Å². The first-order chi connectivity index (χ1) is 9.21. The second-order valence-electron chi connectivity index (χ2n) is 3.04. The van der Waals surface area contributed by atoms with Crippen molar-refractivity contribution in [2.45, 2.75) is 0 Å². The average Bonchev–Trinajstić information content (AvgIpc) is 2.99. The van der Waals surface area contributed by atoms with Gasteiger partial charge in [-0.2, -0.15) is 0 Å². The van der Waals surface area contributed by atoms with Gasteiger partial charge in [0.15, 0.2) is 11.5 Å². The Hall–Kier alpha value is -0.0857. The topological polar surface area (TPSA) is 38.7 Å². The van der Waals surface area contributed by atoms with Crippen LogP contribution in [0.5, 0.6) is 17.2 Å². The molecule has 0 aromatic heterocycles. The van der Waals surface area contributed by atoms with E-state index in [0.29, 0.717) is 11.5 Å². The molecule has 0 bridgehead atoms. The van der Waals surface area contributed by atoms with Crippen LogP contribution in [0.2, 0.25) is 0 Å². The minimum atomic E-state index is -0.556. The van der Waals surface area contributed by atoms with E-state index in [0.717, 1.165) is 0 Å². The number of para-hydroxylation sites is 1. The zero-order valence-electron chi connectivity index (χ0n) is 10.6. The molecule has 6 heteroatoms. The van der Waals surface area contributed by atoms with E-state index < -0.39 is 17.0 Å². The molecule has 1 saturated carbocycles. The normalized spacial score (nSPS) is 12.4. The number of hydrogen-bond donors (Lipinski definition) is 1. The summed E-state index contributed by atoms with van der Waals surface area (Å²) < 4.78 is 9.71. The van der Waals surface area contributed by atoms with Gasteiger partial charge in [-0.15, -0.1) is 0 Å². The molecule has 5 radical (unpaired) electrons. The molecule has 1 aliphatic carbocycles. The van der Waals surface area contributed by atoms with Crippen LogP contribution in [-0.4, -0.2) is 19.3 Å². The fourth-order valence-corrected chi connectivity index (χ4v) is 1.15. The summed E-state index contributed by atoms with van der Waals surface area (Å²) in [5, 5.41) is 9.34. The van der Waals surface area contributed by atoms with E-state index in [1.54, 1.807) is 18.2 Å². The van der Waals surface area contributed by atoms with E-state index in [1.165, 1.54) is 14.2 Å². The molecule has 0 amide bonds. The fraction of sp³-hybridized carbons (Fsp3) is 0.154. The first kappa shape index (κ1) is 18.9. The average molecular weight is 338 g/mol. The number of halogens is 2. The molecule has 19 heavy (non-hydrogen) atoms. The van der Waals surface area contributed by atoms with Crippen LogP contribution >= 0.6 is 18.6 Å². The number of methoxy groups -OCH3 is 2. The summed E-state index contributed by atoms with van der Waals surface area (Å²) in [6.45, 7) is 0. The van der Waals surface area contributed by atoms with Crippen molar-refractivity contribution >= 4 is 18.6 Å². The molecule has 1 aromatic carbocycles. The number of ether oxygens (including phenoxy) is 2. The summed E-state index contributed by atoms with van der Waals surface area (Å²) in [6.07, 6.45) is 10.0. The Bertz CT molecular complexity index is 304. The molecule has 103 valence electrons. The number of benzene rings is 1. The first-order valence-corrected chi connectivity index (χ1v) is 9.53. The molecule has 1 fully saturated rings. The van der Waals surface area contributed by atoms with Crippen LogP contribution in [0.3, 0.4) is 0 Å². The number of aromatic hydroxyl groups is 1. The Morgan fingerprint density at radius 1 is 0.895 bits per heavy atom. The van der Waals surface area contributed by atoms with Crippen molar-refractivity contribution < 1.29 is 31.6 Å². The molecular weight excluding hydrogens is 323 g/mol. The van der Waals surface area contributed by atoms with E-state index in [1.807, 2.05) is 32.1 Å². The third-order valence-electron chi connectivity index (χ3n) is 1.96. The van der Waals surface area contributed by atoms with Gasteiger partial charge in [0, 0.05) is 0 Å². The van der Waals surface area contributed by atoms with Crippen LogP contribution in [0.1, 0.15) is 0 Å². The minimum absolute atomic E-state index is 0.0394. The zero-order valence-corrected chi connectivity index (χ0v) is 13.7. The second-order valence-corrected chi connectivity index (χ2v) is 5.62. The molecule has 0 spiro atoms. The molecule has 0 atom stereocenters. The standard InChI is InChI=1S/C8H10O3.C5H5.2ClH.Ti/c1-10-6-4-3-5-7(11-2)8(6)9;1-2-4-5-3-1;;;/h3-5,9H,1-2H3;1-5H;2*1H;/q;;;;+2/p-2. The number of phenols is 1. The van der Waals surface area contributed by atoms with Crippen LogP contribution in [0.4, 0.5) is 0 Å². The maximum atomic E-state index is 9.34. The Kier molecular flexibility index (Phi) is 12.9. The third-order valence-corrected chi connectivity index (χ3v) is 1.96. The van der Waals surface area contributed by atoms with Crippen LogP contribution in [0.15, 0.2) is 18.2 Å². The van der Waals surface area contributed by atoms with Crippen molar-refractivity contribution in [3.05, 3.63) is 50.3 Å². The summed E-state index contributed by atoms with van der Waals surface area (Å²) in [7, 11) is 12.8. The molecule has 1 N–H and O–H groups in total. The monoisotopic (exact) mass is 337 g/mol. The van der Waals surface area contributed by atoms with Gasteiger partial charge in [0.05, 0.1) is 14.2 Å². The van der Waals surface area contributed by atoms with Gasteiger partial charge >= 0.3 is 35.6 Å². The molecule has 0 saturated heterocycles. The predicted molar refractivity (Wildman–Crippen MR) is 74.4 cm³/mol. The summed E-state index contributed by atoms with van der Waals surface area (Å²) in [6, 6.07) is 5.08. The van der Waals surface area contributed by atoms with Crippen molar-refractivity contribution in [2.24, 2.45) is 0 Å². The third kappa shape index (κ3) is 8.64. The van der Waals surface area contributed by atoms with Crippen LogP contribution in [0.25, 0.3) is 0 Å². The Morgan fingerprint density at radius 2 is 1.21 bits per heavy atom. The zero-order chi connectivity index (χ0) is 14.5. The van der Waals surface area contributed by atoms with Crippen LogP contribution in [-0.2, 0) is 17.0 Å². The number of phenolic OH excluding ortho intramolecular Hbond substituents is 1. The van der Waals surface area contributed by atoms with Crippen molar-refractivity contribution in [1.82, 2.24) is 0 Å². The SMILES string of the molecule is COc1cccc(OC)c1O.[CH]1[CH][CH][CH][CH]1.[Cl][Ti][Cl]. The van der Waals surface area contributed by atoms with Crippen molar-refractivity contribution in [1.29, 1.82) is 0 Å². The van der Waals surface area contributed by atoms with E-state index >= 15 is 0 Å². The van der Waals surface area contributed by atoms with Gasteiger partial charge in [-0.3, -0.25) is 0 Å². The summed E-state index contributed by atoms with van der Waals surface area (Å²) >= 11 is -0.556. The fourth-order valence-electron chi connectivity index (χ4n) is 1.15. The first-order valence-electron chi connectivity index (χ1n) is 5.24. The van der Waals surface area contributed by atoms with Crippen molar-refractivity contribution in [3.63, 3.8) is 0 Å². The molecule has 0 heterocycles. The summed E-state index contributed by atoms with van der Waals surface area (Å²) in [4.78, 5) is 0. The Labute approximate surface area is 131 Å². The molecule has 3 nitrogen and oxygen atoms in total. The summed E-state index contributed by atoms with van der Waals surface area (Å²) in [5.41, 5.74) is 0. The van der Waals surface area contributed by atoms with Crippen LogP contribution in [0, 0.1) is 32.1 Å². The summed E-state index contributed by atoms with van der Waals surface area (Å²) in [5.74, 6) is 0.881. The molecule has 1 aliphatic rings. The molecule has 0 unspecified atom stereocenters. The van der Waals surface area contributed by atoms with E-state index in [-0.39, 0.29) is 5.75 Å². The molecule has 2 rings (SSSR count). The van der Waals surface area contributed by atoms with E-state index in [4.69, 9.17) is 28.1 Å². The van der Waals surface area contributed by atoms with Gasteiger partial charge in [0.2, 0.25) is 5.75 Å². The Balaban J connectivity index is 0.000000334. The van der Waals surface area contributed by atoms with Crippen molar-refractivity contribution in [3.8, 4) is 17.2 Å². The van der Waals surface area contributed by atoms with Gasteiger partial charge in [-0.1, -0.05) is 6.07 Å². The molecule has 0 aliphatic heterocycles. The second kappa shape index (κ2) is 12.9. The van der Waals surface area contributed by atoms with E-state index in [2.05, 4.69) is 0 Å². The van der Waals surface area contributed by atoms with Gasteiger partial charge in [0.25, 0.3) is 0 Å². The molecule has 1 aromatic rings. The van der Waals surface area contributed by atoms with Gasteiger partial charge in [0.1, 0.15) is 0 Å². The van der Waals surface area contributed by atoms with E-state index in [9.17, 15) is 5.11 Å². The molecular formula is C13H15Cl2O3Ti. The van der Waals surface area contributed by atoms with Gasteiger partial charge in [-0.05, 0) is 44.2 Å². The predicted octanol–water partition coefficient (Wildman–Crippen LogP) is 3.81. The van der Waals surface area contributed by atoms with Gasteiger partial charge in [-0.25, -0.2) is 0 Å².